The molecule has 0 amide bonds. The molecule has 0 aromatic heterocycles. The van der Waals surface area contributed by atoms with Gasteiger partial charge in [-0.05, 0) is 25.3 Å². The largest absolute Gasteiger partial charge is 0.481 e. The summed E-state index contributed by atoms with van der Waals surface area (Å²) in [6, 6.07) is 0. The lowest BCUT2D eigenvalue weighted by atomic mass is 9.94. The van der Waals surface area contributed by atoms with Crippen molar-refractivity contribution in [2.24, 2.45) is 5.92 Å². The summed E-state index contributed by atoms with van der Waals surface area (Å²) in [7, 11) is 0. The second-order valence-electron chi connectivity index (χ2n) is 5.49. The number of unbranched alkanes of at least 4 members (excludes halogenated alkanes) is 4. The van der Waals surface area contributed by atoms with Crippen LogP contribution in [0.25, 0.3) is 0 Å². The summed E-state index contributed by atoms with van der Waals surface area (Å²) in [5.74, 6) is -0.306. The smallest absolute Gasteiger partial charge is 0.303 e. The zero-order valence-corrected chi connectivity index (χ0v) is 12.9. The van der Waals surface area contributed by atoms with Gasteiger partial charge in [0.25, 0.3) is 0 Å². The predicted molar refractivity (Wildman–Crippen MR) is 85.1 cm³/mol. The minimum atomic E-state index is -0.709. The number of allylic oxidation sites excluding steroid dienone is 6. The third-order valence-corrected chi connectivity index (χ3v) is 3.72. The van der Waals surface area contributed by atoms with Crippen LogP contribution in [0.5, 0.6) is 0 Å². The van der Waals surface area contributed by atoms with E-state index in [1.54, 1.807) is 6.08 Å². The maximum Gasteiger partial charge on any atom is 0.303 e. The summed E-state index contributed by atoms with van der Waals surface area (Å²) >= 11 is 0. The number of carboxylic acids is 1. The van der Waals surface area contributed by atoms with Crippen molar-refractivity contribution in [2.75, 3.05) is 0 Å². The first-order chi connectivity index (χ1) is 10.1. The number of hydrogen-bond donors (Lipinski definition) is 1. The van der Waals surface area contributed by atoms with Crippen molar-refractivity contribution < 1.29 is 14.7 Å². The van der Waals surface area contributed by atoms with Crippen LogP contribution in [-0.2, 0) is 9.59 Å². The zero-order chi connectivity index (χ0) is 15.5. The molecule has 1 aliphatic carbocycles. The second kappa shape index (κ2) is 10.1. The molecule has 116 valence electrons. The molecule has 1 N–H and O–H groups in total. The van der Waals surface area contributed by atoms with Gasteiger partial charge in [0.05, 0.1) is 0 Å². The average Bonchev–Trinajstić information content (AvgIpc) is 2.79. The molecule has 0 saturated carbocycles. The van der Waals surface area contributed by atoms with Crippen molar-refractivity contribution in [1.82, 2.24) is 0 Å². The number of carboxylic acid groups (broad SMARTS) is 1. The molecule has 21 heavy (non-hydrogen) atoms. The summed E-state index contributed by atoms with van der Waals surface area (Å²) in [4.78, 5) is 22.2. The van der Waals surface area contributed by atoms with Crippen molar-refractivity contribution >= 4 is 11.8 Å². The Morgan fingerprint density at radius 2 is 1.95 bits per heavy atom. The van der Waals surface area contributed by atoms with Crippen LogP contribution in [-0.4, -0.2) is 16.9 Å². The van der Waals surface area contributed by atoms with Gasteiger partial charge in [-0.3, -0.25) is 9.59 Å². The summed E-state index contributed by atoms with van der Waals surface area (Å²) in [5.41, 5.74) is 0.908. The number of carbonyl (C=O) groups excluding carboxylic acids is 1. The molecule has 3 nitrogen and oxygen atoms in total. The molecule has 0 bridgehead atoms. The van der Waals surface area contributed by atoms with E-state index in [0.717, 1.165) is 50.5 Å². The Morgan fingerprint density at radius 3 is 2.67 bits per heavy atom. The molecule has 0 fully saturated rings. The molecule has 0 aromatic rings. The molecule has 0 aromatic carbocycles. The Labute approximate surface area is 127 Å². The van der Waals surface area contributed by atoms with Crippen molar-refractivity contribution in [1.29, 1.82) is 0 Å². The highest BCUT2D eigenvalue weighted by Gasteiger charge is 2.21. The first kappa shape index (κ1) is 17.4. The Bertz CT molecular complexity index is 430. The molecule has 0 saturated heterocycles. The van der Waals surface area contributed by atoms with Crippen molar-refractivity contribution in [2.45, 2.75) is 58.3 Å². The lowest BCUT2D eigenvalue weighted by Crippen LogP contribution is -2.02. The van der Waals surface area contributed by atoms with E-state index in [4.69, 9.17) is 5.11 Å². The van der Waals surface area contributed by atoms with Gasteiger partial charge in [-0.15, -0.1) is 0 Å². The molecule has 0 spiro atoms. The monoisotopic (exact) mass is 290 g/mol. The molecule has 1 rings (SSSR count). The molecule has 0 aliphatic heterocycles. The number of hydrogen-bond acceptors (Lipinski definition) is 2. The SMILES string of the molecule is CC/C=C/C=C1\C(=O)C=C[C@H]1CCCCCCCC(=O)O. The minimum Gasteiger partial charge on any atom is -0.481 e. The van der Waals surface area contributed by atoms with Crippen LogP contribution in [0.3, 0.4) is 0 Å². The summed E-state index contributed by atoms with van der Waals surface area (Å²) in [5, 5.41) is 8.55. The number of carbonyl (C=O) groups is 2. The van der Waals surface area contributed by atoms with Crippen LogP contribution >= 0.6 is 0 Å². The fourth-order valence-corrected chi connectivity index (χ4v) is 2.52. The maximum atomic E-state index is 11.8. The Balaban J connectivity index is 2.23. The van der Waals surface area contributed by atoms with Crippen molar-refractivity contribution in [3.8, 4) is 0 Å². The molecular weight excluding hydrogens is 264 g/mol. The first-order valence-corrected chi connectivity index (χ1v) is 7.96. The van der Waals surface area contributed by atoms with Crippen LogP contribution in [0.15, 0.2) is 36.0 Å². The third-order valence-electron chi connectivity index (χ3n) is 3.72. The lowest BCUT2D eigenvalue weighted by molar-refractivity contribution is -0.137. The maximum absolute atomic E-state index is 11.8. The van der Waals surface area contributed by atoms with Crippen LogP contribution in [0.4, 0.5) is 0 Å². The minimum absolute atomic E-state index is 0.141. The van der Waals surface area contributed by atoms with Crippen LogP contribution < -0.4 is 0 Å². The van der Waals surface area contributed by atoms with Gasteiger partial charge in [0.1, 0.15) is 0 Å². The standard InChI is InChI=1S/C18H26O3/c1-2-3-7-11-16-15(13-14-17(16)19)10-8-5-4-6-9-12-18(20)21/h3,7,11,13-15H,2,4-6,8-10,12H2,1H3,(H,20,21)/b7-3+,16-11-/t15-/m1/s1. The zero-order valence-electron chi connectivity index (χ0n) is 12.9. The Hall–Kier alpha value is -1.64. The molecule has 3 heteroatoms. The van der Waals surface area contributed by atoms with E-state index in [1.807, 2.05) is 18.2 Å². The molecule has 1 aliphatic rings. The van der Waals surface area contributed by atoms with E-state index in [1.165, 1.54) is 0 Å². The van der Waals surface area contributed by atoms with E-state index in [-0.39, 0.29) is 18.1 Å². The van der Waals surface area contributed by atoms with E-state index in [0.29, 0.717) is 0 Å². The number of aliphatic carboxylic acids is 1. The summed E-state index contributed by atoms with van der Waals surface area (Å²) in [6.07, 6.45) is 16.9. The van der Waals surface area contributed by atoms with Gasteiger partial charge in [-0.1, -0.05) is 56.9 Å². The number of rotatable bonds is 10. The van der Waals surface area contributed by atoms with E-state index in [2.05, 4.69) is 13.0 Å². The van der Waals surface area contributed by atoms with E-state index >= 15 is 0 Å². The normalized spacial score (nSPS) is 20.0. The van der Waals surface area contributed by atoms with Crippen LogP contribution in [0.2, 0.25) is 0 Å². The van der Waals surface area contributed by atoms with Gasteiger partial charge in [0.15, 0.2) is 5.78 Å². The van der Waals surface area contributed by atoms with Crippen molar-refractivity contribution in [3.05, 3.63) is 36.0 Å². The highest BCUT2D eigenvalue weighted by Crippen LogP contribution is 2.27. The van der Waals surface area contributed by atoms with Gasteiger partial charge in [-0.25, -0.2) is 0 Å². The third kappa shape index (κ3) is 7.07. The highest BCUT2D eigenvalue weighted by molar-refractivity contribution is 6.07. The Kier molecular flexibility index (Phi) is 8.41. The molecule has 1 atom stereocenters. The topological polar surface area (TPSA) is 54.4 Å². The molecule has 0 radical (unpaired) electrons. The van der Waals surface area contributed by atoms with Crippen molar-refractivity contribution in [3.63, 3.8) is 0 Å². The van der Waals surface area contributed by atoms with Gasteiger partial charge in [0, 0.05) is 17.9 Å². The highest BCUT2D eigenvalue weighted by atomic mass is 16.4. The molecular formula is C18H26O3. The Morgan fingerprint density at radius 1 is 1.24 bits per heavy atom. The quantitative estimate of drug-likeness (QED) is 0.477. The van der Waals surface area contributed by atoms with Gasteiger partial charge in [0.2, 0.25) is 0 Å². The lowest BCUT2D eigenvalue weighted by Gasteiger charge is -2.09. The van der Waals surface area contributed by atoms with Gasteiger partial charge < -0.3 is 5.11 Å². The van der Waals surface area contributed by atoms with Gasteiger partial charge in [-0.2, -0.15) is 0 Å². The second-order valence-corrected chi connectivity index (χ2v) is 5.49. The fraction of sp³-hybridized carbons (Fsp3) is 0.556. The average molecular weight is 290 g/mol. The van der Waals surface area contributed by atoms with Crippen LogP contribution in [0.1, 0.15) is 58.3 Å². The molecule has 0 unspecified atom stereocenters. The number of ketones is 1. The predicted octanol–water partition coefficient (Wildman–Crippen LogP) is 4.45. The van der Waals surface area contributed by atoms with Crippen LogP contribution in [0, 0.1) is 5.92 Å². The summed E-state index contributed by atoms with van der Waals surface area (Å²) < 4.78 is 0. The first-order valence-electron chi connectivity index (χ1n) is 7.96. The molecule has 0 heterocycles. The fourth-order valence-electron chi connectivity index (χ4n) is 2.52. The van der Waals surface area contributed by atoms with E-state index < -0.39 is 5.97 Å². The van der Waals surface area contributed by atoms with Gasteiger partial charge >= 0.3 is 5.97 Å². The van der Waals surface area contributed by atoms with E-state index in [9.17, 15) is 9.59 Å². The summed E-state index contributed by atoms with van der Waals surface area (Å²) in [6.45, 7) is 2.07.